The number of piperazine rings is 1. The molecule has 72 valence electrons. The van der Waals surface area contributed by atoms with Crippen molar-refractivity contribution in [2.45, 2.75) is 13.0 Å². The second-order valence-electron chi connectivity index (χ2n) is 2.96. The maximum Gasteiger partial charge on any atom is 0.237 e. The van der Waals surface area contributed by atoms with Crippen molar-refractivity contribution in [3.63, 3.8) is 0 Å². The van der Waals surface area contributed by atoms with E-state index in [-0.39, 0.29) is 11.9 Å². The zero-order valence-corrected chi connectivity index (χ0v) is 7.60. The minimum atomic E-state index is -0.109. The van der Waals surface area contributed by atoms with Gasteiger partial charge >= 0.3 is 0 Å². The van der Waals surface area contributed by atoms with E-state index in [1.807, 2.05) is 11.8 Å². The van der Waals surface area contributed by atoms with Crippen LogP contribution in [0, 0.1) is 0 Å². The van der Waals surface area contributed by atoms with Crippen molar-refractivity contribution in [2.24, 2.45) is 5.11 Å². The molecule has 6 heteroatoms. The van der Waals surface area contributed by atoms with Crippen molar-refractivity contribution in [3.05, 3.63) is 10.4 Å². The van der Waals surface area contributed by atoms with Gasteiger partial charge in [0.25, 0.3) is 0 Å². The number of rotatable bonds is 3. The number of nitrogens with one attached hydrogen (secondary N) is 1. The van der Waals surface area contributed by atoms with E-state index in [0.717, 1.165) is 6.54 Å². The van der Waals surface area contributed by atoms with Gasteiger partial charge in [0.05, 0.1) is 6.04 Å². The number of hydrogen-bond acceptors (Lipinski definition) is 3. The highest BCUT2D eigenvalue weighted by molar-refractivity contribution is 5.81. The summed E-state index contributed by atoms with van der Waals surface area (Å²) in [5.41, 5.74) is 8.07. The van der Waals surface area contributed by atoms with Crippen LogP contribution in [0.1, 0.15) is 6.92 Å². The zero-order valence-electron chi connectivity index (χ0n) is 7.60. The van der Waals surface area contributed by atoms with Crippen LogP contribution in [0.15, 0.2) is 5.11 Å². The molecule has 1 aliphatic rings. The van der Waals surface area contributed by atoms with Crippen LogP contribution in [0.5, 0.6) is 0 Å². The summed E-state index contributed by atoms with van der Waals surface area (Å²) < 4.78 is 0. The summed E-state index contributed by atoms with van der Waals surface area (Å²) in [7, 11) is 0. The molecule has 1 saturated heterocycles. The molecule has 0 bridgehead atoms. The first-order valence-electron chi connectivity index (χ1n) is 4.28. The van der Waals surface area contributed by atoms with Crippen LogP contribution in [0.2, 0.25) is 0 Å². The van der Waals surface area contributed by atoms with Gasteiger partial charge in [0.2, 0.25) is 5.91 Å². The van der Waals surface area contributed by atoms with Gasteiger partial charge in [0, 0.05) is 31.1 Å². The van der Waals surface area contributed by atoms with Gasteiger partial charge in [-0.3, -0.25) is 9.69 Å². The zero-order chi connectivity index (χ0) is 9.68. The van der Waals surface area contributed by atoms with Gasteiger partial charge in [-0.25, -0.2) is 0 Å². The maximum atomic E-state index is 11.2. The molecule has 1 N–H and O–H groups in total. The van der Waals surface area contributed by atoms with Gasteiger partial charge in [0.1, 0.15) is 0 Å². The molecule has 13 heavy (non-hydrogen) atoms. The smallest absolute Gasteiger partial charge is 0.237 e. The van der Waals surface area contributed by atoms with E-state index in [0.29, 0.717) is 19.6 Å². The second kappa shape index (κ2) is 4.69. The van der Waals surface area contributed by atoms with Gasteiger partial charge in [0.15, 0.2) is 0 Å². The minimum absolute atomic E-state index is 0.0483. The first kappa shape index (κ1) is 9.83. The average Bonchev–Trinajstić information content (AvgIpc) is 2.13. The Kier molecular flexibility index (Phi) is 3.54. The highest BCUT2D eigenvalue weighted by Crippen LogP contribution is 2.02. The van der Waals surface area contributed by atoms with Gasteiger partial charge in [-0.15, -0.1) is 0 Å². The summed E-state index contributed by atoms with van der Waals surface area (Å²) in [6, 6.07) is -0.109. The van der Waals surface area contributed by atoms with E-state index in [1.165, 1.54) is 0 Å². The predicted molar refractivity (Wildman–Crippen MR) is 48.1 cm³/mol. The van der Waals surface area contributed by atoms with Gasteiger partial charge in [-0.05, 0) is 12.5 Å². The van der Waals surface area contributed by atoms with E-state index < -0.39 is 0 Å². The van der Waals surface area contributed by atoms with Crippen molar-refractivity contribution in [1.29, 1.82) is 0 Å². The van der Waals surface area contributed by atoms with Crippen LogP contribution in [0.4, 0.5) is 0 Å². The molecular formula is C7H13N5O. The lowest BCUT2D eigenvalue weighted by atomic mass is 10.2. The van der Waals surface area contributed by atoms with Crippen molar-refractivity contribution >= 4 is 5.91 Å². The Labute approximate surface area is 76.5 Å². The van der Waals surface area contributed by atoms with Gasteiger partial charge < -0.3 is 5.32 Å². The monoisotopic (exact) mass is 183 g/mol. The molecule has 1 amide bonds. The van der Waals surface area contributed by atoms with Crippen molar-refractivity contribution in [1.82, 2.24) is 10.2 Å². The molecule has 0 aliphatic carbocycles. The molecular weight excluding hydrogens is 170 g/mol. The summed E-state index contributed by atoms with van der Waals surface area (Å²) in [6.07, 6.45) is 0. The lowest BCUT2D eigenvalue weighted by Crippen LogP contribution is -2.54. The number of carbonyl (C=O) groups is 1. The van der Waals surface area contributed by atoms with Crippen molar-refractivity contribution < 1.29 is 4.79 Å². The summed E-state index contributed by atoms with van der Waals surface area (Å²) in [6.45, 7) is 4.44. The Morgan fingerprint density at radius 1 is 1.85 bits per heavy atom. The Balaban J connectivity index is 2.39. The molecule has 0 aromatic carbocycles. The lowest BCUT2D eigenvalue weighted by molar-refractivity contribution is -0.128. The molecule has 1 atom stereocenters. The summed E-state index contributed by atoms with van der Waals surface area (Å²) in [5.74, 6) is 0.0483. The highest BCUT2D eigenvalue weighted by Gasteiger charge is 2.24. The quantitative estimate of drug-likeness (QED) is 0.383. The van der Waals surface area contributed by atoms with E-state index in [1.54, 1.807) is 0 Å². The van der Waals surface area contributed by atoms with Crippen LogP contribution < -0.4 is 5.32 Å². The fourth-order valence-corrected chi connectivity index (χ4v) is 1.35. The molecule has 1 fully saturated rings. The third kappa shape index (κ3) is 2.61. The third-order valence-corrected chi connectivity index (χ3v) is 2.18. The maximum absolute atomic E-state index is 11.2. The molecule has 0 aromatic heterocycles. The van der Waals surface area contributed by atoms with Crippen LogP contribution in [0.3, 0.4) is 0 Å². The molecule has 6 nitrogen and oxygen atoms in total. The summed E-state index contributed by atoms with van der Waals surface area (Å²) >= 11 is 0. The second-order valence-corrected chi connectivity index (χ2v) is 2.96. The molecule has 1 heterocycles. The van der Waals surface area contributed by atoms with Crippen LogP contribution >= 0.6 is 0 Å². The first-order valence-corrected chi connectivity index (χ1v) is 4.28. The van der Waals surface area contributed by atoms with E-state index in [9.17, 15) is 4.79 Å². The lowest BCUT2D eigenvalue weighted by Gasteiger charge is -2.32. The molecule has 0 aromatic rings. The molecule has 1 unspecified atom stereocenters. The van der Waals surface area contributed by atoms with E-state index in [2.05, 4.69) is 15.3 Å². The van der Waals surface area contributed by atoms with Crippen LogP contribution in [0.25, 0.3) is 10.4 Å². The van der Waals surface area contributed by atoms with Gasteiger partial charge in [-0.1, -0.05) is 5.11 Å². The third-order valence-electron chi connectivity index (χ3n) is 2.18. The highest BCUT2D eigenvalue weighted by atomic mass is 16.2. The van der Waals surface area contributed by atoms with Crippen LogP contribution in [-0.2, 0) is 4.79 Å². The van der Waals surface area contributed by atoms with E-state index in [4.69, 9.17) is 5.53 Å². The number of nitrogens with zero attached hydrogens (tertiary/aromatic N) is 4. The fraction of sp³-hybridized carbons (Fsp3) is 0.857. The summed E-state index contributed by atoms with van der Waals surface area (Å²) in [5, 5.41) is 6.20. The Bertz CT molecular complexity index is 235. The fourth-order valence-electron chi connectivity index (χ4n) is 1.35. The normalized spacial score (nSPS) is 23.5. The largest absolute Gasteiger partial charge is 0.353 e. The summed E-state index contributed by atoms with van der Waals surface area (Å²) in [4.78, 5) is 15.9. The standard InChI is InChI=1S/C7H13N5O/c1-6-7(13)9-2-4-12(6)5-3-10-11-8/h6H,2-5H2,1H3,(H,9,13). The number of hydrogen-bond donors (Lipinski definition) is 1. The van der Waals surface area contributed by atoms with E-state index >= 15 is 0 Å². The number of azide groups is 1. The Morgan fingerprint density at radius 2 is 2.62 bits per heavy atom. The van der Waals surface area contributed by atoms with Crippen molar-refractivity contribution in [3.8, 4) is 0 Å². The average molecular weight is 183 g/mol. The first-order chi connectivity index (χ1) is 6.25. The van der Waals surface area contributed by atoms with Crippen molar-refractivity contribution in [2.75, 3.05) is 26.2 Å². The molecule has 0 saturated carbocycles. The Morgan fingerprint density at radius 3 is 3.31 bits per heavy atom. The SMILES string of the molecule is CC1C(=O)NCCN1CCN=[N+]=[N-]. The molecule has 1 rings (SSSR count). The predicted octanol–water partition coefficient (Wildman–Crippen LogP) is 0.117. The Hall–Kier alpha value is -1.26. The molecule has 0 radical (unpaired) electrons. The van der Waals surface area contributed by atoms with Gasteiger partial charge in [-0.2, -0.15) is 0 Å². The molecule has 1 aliphatic heterocycles. The molecule has 0 spiro atoms. The topological polar surface area (TPSA) is 81.1 Å². The minimum Gasteiger partial charge on any atom is -0.353 e. The number of carbonyl (C=O) groups excluding carboxylic acids is 1. The van der Waals surface area contributed by atoms with Crippen LogP contribution in [-0.4, -0.2) is 43.0 Å². The number of amides is 1.